The fourth-order valence-electron chi connectivity index (χ4n) is 2.42. The van der Waals surface area contributed by atoms with Gasteiger partial charge in [-0.3, -0.25) is 0 Å². The molecule has 0 aromatic heterocycles. The van der Waals surface area contributed by atoms with Gasteiger partial charge < -0.3 is 15.3 Å². The Labute approximate surface area is 80.1 Å². The molecular formula is C10H20N2O. The van der Waals surface area contributed by atoms with Crippen LogP contribution in [0.15, 0.2) is 0 Å². The van der Waals surface area contributed by atoms with Crippen LogP contribution >= 0.6 is 0 Å². The van der Waals surface area contributed by atoms with Gasteiger partial charge in [-0.15, -0.1) is 0 Å². The van der Waals surface area contributed by atoms with Crippen LogP contribution in [0.5, 0.6) is 0 Å². The summed E-state index contributed by atoms with van der Waals surface area (Å²) >= 11 is 0. The molecule has 76 valence electrons. The van der Waals surface area contributed by atoms with Crippen molar-refractivity contribution in [3.63, 3.8) is 0 Å². The maximum atomic E-state index is 9.37. The molecule has 2 N–H and O–H groups in total. The van der Waals surface area contributed by atoms with E-state index in [0.717, 1.165) is 25.4 Å². The monoisotopic (exact) mass is 184 g/mol. The molecule has 2 fully saturated rings. The van der Waals surface area contributed by atoms with E-state index in [-0.39, 0.29) is 6.10 Å². The number of aliphatic hydroxyl groups is 1. The molecule has 2 aliphatic heterocycles. The topological polar surface area (TPSA) is 35.5 Å². The first-order valence-corrected chi connectivity index (χ1v) is 5.46. The van der Waals surface area contributed by atoms with Gasteiger partial charge in [0.2, 0.25) is 0 Å². The first kappa shape index (κ1) is 9.44. The van der Waals surface area contributed by atoms with E-state index in [4.69, 9.17) is 0 Å². The van der Waals surface area contributed by atoms with Gasteiger partial charge in [-0.05, 0) is 38.3 Å². The molecule has 0 amide bonds. The lowest BCUT2D eigenvalue weighted by atomic mass is 9.99. The second-order valence-electron chi connectivity index (χ2n) is 4.41. The van der Waals surface area contributed by atoms with Crippen LogP contribution in [-0.4, -0.2) is 48.8 Å². The molecule has 0 bridgehead atoms. The number of rotatable bonds is 2. The maximum Gasteiger partial charge on any atom is 0.0679 e. The first-order chi connectivity index (χ1) is 6.34. The molecule has 2 atom stereocenters. The molecule has 0 aliphatic carbocycles. The fourth-order valence-corrected chi connectivity index (χ4v) is 2.42. The van der Waals surface area contributed by atoms with Gasteiger partial charge in [0.25, 0.3) is 0 Å². The van der Waals surface area contributed by atoms with Gasteiger partial charge in [0.1, 0.15) is 0 Å². The number of β-amino-alcohol motifs (C(OH)–C–C–N with tert-alkyl or cyclic N) is 1. The van der Waals surface area contributed by atoms with Crippen LogP contribution in [0.3, 0.4) is 0 Å². The Hall–Kier alpha value is -0.120. The summed E-state index contributed by atoms with van der Waals surface area (Å²) in [5.74, 6) is 0.819. The van der Waals surface area contributed by atoms with Crippen molar-refractivity contribution in [2.45, 2.75) is 25.4 Å². The summed E-state index contributed by atoms with van der Waals surface area (Å²) in [5.41, 5.74) is 0. The lowest BCUT2D eigenvalue weighted by Crippen LogP contribution is -2.37. The number of aliphatic hydroxyl groups excluding tert-OH is 1. The Morgan fingerprint density at radius 3 is 2.92 bits per heavy atom. The van der Waals surface area contributed by atoms with Gasteiger partial charge in [0.05, 0.1) is 6.10 Å². The van der Waals surface area contributed by atoms with Crippen molar-refractivity contribution >= 4 is 0 Å². The standard InChI is InChI=1S/C10H20N2O/c13-10-3-5-12(8-10)7-9-2-1-4-11-6-9/h9-11,13H,1-8H2/t9-,10+/m1/s1. The second-order valence-corrected chi connectivity index (χ2v) is 4.41. The largest absolute Gasteiger partial charge is 0.392 e. The van der Waals surface area contributed by atoms with E-state index in [2.05, 4.69) is 10.2 Å². The lowest BCUT2D eigenvalue weighted by Gasteiger charge is -2.27. The molecule has 2 saturated heterocycles. The fraction of sp³-hybridized carbons (Fsp3) is 1.00. The molecule has 2 aliphatic rings. The predicted octanol–water partition coefficient (Wildman–Crippen LogP) is 0.0526. The highest BCUT2D eigenvalue weighted by Crippen LogP contribution is 2.15. The van der Waals surface area contributed by atoms with E-state index in [0.29, 0.717) is 0 Å². The Morgan fingerprint density at radius 1 is 1.38 bits per heavy atom. The van der Waals surface area contributed by atoms with Crippen molar-refractivity contribution in [3.05, 3.63) is 0 Å². The van der Waals surface area contributed by atoms with Crippen LogP contribution < -0.4 is 5.32 Å². The Kier molecular flexibility index (Phi) is 3.19. The molecule has 0 aromatic carbocycles. The number of piperidine rings is 1. The first-order valence-electron chi connectivity index (χ1n) is 5.46. The summed E-state index contributed by atoms with van der Waals surface area (Å²) < 4.78 is 0. The average Bonchev–Trinajstić information content (AvgIpc) is 2.53. The van der Waals surface area contributed by atoms with Crippen molar-refractivity contribution in [1.29, 1.82) is 0 Å². The van der Waals surface area contributed by atoms with Crippen LogP contribution in [-0.2, 0) is 0 Å². The molecule has 3 heteroatoms. The quantitative estimate of drug-likeness (QED) is 0.636. The van der Waals surface area contributed by atoms with Crippen molar-refractivity contribution in [1.82, 2.24) is 10.2 Å². The molecule has 13 heavy (non-hydrogen) atoms. The summed E-state index contributed by atoms with van der Waals surface area (Å²) in [6.45, 7) is 5.55. The second kappa shape index (κ2) is 4.40. The third-order valence-electron chi connectivity index (χ3n) is 3.16. The summed E-state index contributed by atoms with van der Waals surface area (Å²) in [6, 6.07) is 0. The highest BCUT2D eigenvalue weighted by molar-refractivity contribution is 4.79. The van der Waals surface area contributed by atoms with Gasteiger partial charge >= 0.3 is 0 Å². The van der Waals surface area contributed by atoms with E-state index in [1.165, 1.54) is 32.5 Å². The van der Waals surface area contributed by atoms with Crippen LogP contribution in [0.2, 0.25) is 0 Å². The number of nitrogens with one attached hydrogen (secondary N) is 1. The van der Waals surface area contributed by atoms with E-state index in [9.17, 15) is 5.11 Å². The molecule has 0 spiro atoms. The van der Waals surface area contributed by atoms with Crippen LogP contribution in [0, 0.1) is 5.92 Å². The summed E-state index contributed by atoms with van der Waals surface area (Å²) in [5, 5.41) is 12.8. The van der Waals surface area contributed by atoms with Crippen molar-refractivity contribution in [2.24, 2.45) is 5.92 Å². The minimum absolute atomic E-state index is 0.0588. The smallest absolute Gasteiger partial charge is 0.0679 e. The zero-order valence-electron chi connectivity index (χ0n) is 8.21. The number of hydrogen-bond donors (Lipinski definition) is 2. The minimum Gasteiger partial charge on any atom is -0.392 e. The number of nitrogens with zero attached hydrogens (tertiary/aromatic N) is 1. The lowest BCUT2D eigenvalue weighted by molar-refractivity contribution is 0.165. The maximum absolute atomic E-state index is 9.37. The van der Waals surface area contributed by atoms with E-state index in [1.807, 2.05) is 0 Å². The highest BCUT2D eigenvalue weighted by Gasteiger charge is 2.23. The van der Waals surface area contributed by atoms with Crippen LogP contribution in [0.1, 0.15) is 19.3 Å². The van der Waals surface area contributed by atoms with Gasteiger partial charge in [0.15, 0.2) is 0 Å². The molecule has 3 nitrogen and oxygen atoms in total. The molecule has 0 saturated carbocycles. The molecule has 0 aromatic rings. The van der Waals surface area contributed by atoms with Crippen LogP contribution in [0.4, 0.5) is 0 Å². The van der Waals surface area contributed by atoms with Gasteiger partial charge in [-0.1, -0.05) is 0 Å². The predicted molar refractivity (Wildman–Crippen MR) is 52.7 cm³/mol. The molecule has 2 heterocycles. The molecule has 0 radical (unpaired) electrons. The normalized spacial score (nSPS) is 36.7. The van der Waals surface area contributed by atoms with Gasteiger partial charge in [-0.25, -0.2) is 0 Å². The third kappa shape index (κ3) is 2.66. The van der Waals surface area contributed by atoms with Gasteiger partial charge in [0, 0.05) is 19.6 Å². The summed E-state index contributed by atoms with van der Waals surface area (Å²) in [6.07, 6.45) is 3.59. The summed E-state index contributed by atoms with van der Waals surface area (Å²) in [7, 11) is 0. The molecule has 0 unspecified atom stereocenters. The number of likely N-dealkylation sites (tertiary alicyclic amines) is 1. The molecule has 2 rings (SSSR count). The van der Waals surface area contributed by atoms with Gasteiger partial charge in [-0.2, -0.15) is 0 Å². The van der Waals surface area contributed by atoms with Crippen molar-refractivity contribution in [2.75, 3.05) is 32.7 Å². The minimum atomic E-state index is -0.0588. The van der Waals surface area contributed by atoms with Crippen molar-refractivity contribution < 1.29 is 5.11 Å². The van der Waals surface area contributed by atoms with Crippen LogP contribution in [0.25, 0.3) is 0 Å². The SMILES string of the molecule is O[C@H]1CCN(C[C@@H]2CCCNC2)C1. The Morgan fingerprint density at radius 2 is 2.31 bits per heavy atom. The Balaban J connectivity index is 1.71. The van der Waals surface area contributed by atoms with E-state index < -0.39 is 0 Å². The highest BCUT2D eigenvalue weighted by atomic mass is 16.3. The Bertz CT molecular complexity index is 154. The third-order valence-corrected chi connectivity index (χ3v) is 3.16. The van der Waals surface area contributed by atoms with Crippen molar-refractivity contribution in [3.8, 4) is 0 Å². The van der Waals surface area contributed by atoms with E-state index in [1.54, 1.807) is 0 Å². The zero-order valence-corrected chi connectivity index (χ0v) is 8.21. The number of hydrogen-bond acceptors (Lipinski definition) is 3. The average molecular weight is 184 g/mol. The van der Waals surface area contributed by atoms with E-state index >= 15 is 0 Å². The zero-order chi connectivity index (χ0) is 9.10. The summed E-state index contributed by atoms with van der Waals surface area (Å²) in [4.78, 5) is 2.41. The molecular weight excluding hydrogens is 164 g/mol.